The fraction of sp³-hybridized carbons (Fsp3) is 0.826. The van der Waals surface area contributed by atoms with E-state index in [-0.39, 0.29) is 17.8 Å². The molecule has 1 amide bonds. The Morgan fingerprint density at radius 3 is 2.00 bits per heavy atom. The fourth-order valence-corrected chi connectivity index (χ4v) is 3.33. The molecule has 0 aromatic rings. The van der Waals surface area contributed by atoms with Crippen molar-refractivity contribution < 1.29 is 14.3 Å². The quantitative estimate of drug-likeness (QED) is 0.125. The van der Waals surface area contributed by atoms with Crippen LogP contribution >= 0.6 is 12.6 Å². The summed E-state index contributed by atoms with van der Waals surface area (Å²) in [5, 5.41) is 2.56. The second-order valence-electron chi connectivity index (χ2n) is 7.70. The highest BCUT2D eigenvalue weighted by atomic mass is 32.1. The van der Waals surface area contributed by atoms with Crippen LogP contribution in [-0.2, 0) is 14.3 Å². The number of unbranched alkanes of at least 4 members (excludes halogenated alkanes) is 10. The first-order valence-electron chi connectivity index (χ1n) is 11.2. The van der Waals surface area contributed by atoms with Gasteiger partial charge in [-0.1, -0.05) is 64.0 Å². The Kier molecular flexibility index (Phi) is 18.7. The second-order valence-corrected chi connectivity index (χ2v) is 8.07. The van der Waals surface area contributed by atoms with Gasteiger partial charge in [-0.25, -0.2) is 4.79 Å². The van der Waals surface area contributed by atoms with Crippen molar-refractivity contribution in [3.8, 4) is 0 Å². The van der Waals surface area contributed by atoms with Gasteiger partial charge < -0.3 is 10.1 Å². The van der Waals surface area contributed by atoms with Gasteiger partial charge in [-0.2, -0.15) is 12.6 Å². The Labute approximate surface area is 178 Å². The van der Waals surface area contributed by atoms with Crippen LogP contribution in [0.15, 0.2) is 12.2 Å². The standard InChI is InChI=1S/C23H43NO3S/c1-4-5-6-7-8-9-10-11-12-13-14-15-16-17-18-20(2)27-23(26)22(19-28)24-21(3)25/h10-11,20,22,28H,4-9,12-19H2,1-3H3,(H,24,25)/b11-10-/t20?,22-/m0/s1. The molecule has 0 aromatic heterocycles. The third-order valence-electron chi connectivity index (χ3n) is 4.78. The van der Waals surface area contributed by atoms with Crippen molar-refractivity contribution in [1.82, 2.24) is 5.32 Å². The van der Waals surface area contributed by atoms with Gasteiger partial charge >= 0.3 is 5.97 Å². The predicted octanol–water partition coefficient (Wildman–Crippen LogP) is 6.00. The molecule has 0 saturated carbocycles. The summed E-state index contributed by atoms with van der Waals surface area (Å²) in [6, 6.07) is -0.660. The molecule has 0 aromatic carbocycles. The molecule has 2 atom stereocenters. The molecule has 0 saturated heterocycles. The van der Waals surface area contributed by atoms with Crippen molar-refractivity contribution in [3.05, 3.63) is 12.2 Å². The summed E-state index contributed by atoms with van der Waals surface area (Å²) in [5.74, 6) is -0.390. The van der Waals surface area contributed by atoms with Crippen LogP contribution in [0.3, 0.4) is 0 Å². The SMILES string of the molecule is CCCCCCC/C=C\CCCCCCCC(C)OC(=O)[C@H](CS)NC(C)=O. The zero-order chi connectivity index (χ0) is 21.0. The van der Waals surface area contributed by atoms with Crippen molar-refractivity contribution in [2.45, 2.75) is 116 Å². The van der Waals surface area contributed by atoms with E-state index in [1.807, 2.05) is 6.92 Å². The Hall–Kier alpha value is -0.970. The van der Waals surface area contributed by atoms with Crippen LogP contribution in [0.2, 0.25) is 0 Å². The zero-order valence-corrected chi connectivity index (χ0v) is 19.3. The minimum Gasteiger partial charge on any atom is -0.461 e. The van der Waals surface area contributed by atoms with Gasteiger partial charge in [0.1, 0.15) is 6.04 Å². The summed E-state index contributed by atoms with van der Waals surface area (Å²) in [7, 11) is 0. The first-order valence-corrected chi connectivity index (χ1v) is 11.9. The summed E-state index contributed by atoms with van der Waals surface area (Å²) in [5.41, 5.74) is 0. The predicted molar refractivity (Wildman–Crippen MR) is 122 cm³/mol. The van der Waals surface area contributed by atoms with E-state index in [4.69, 9.17) is 4.74 Å². The van der Waals surface area contributed by atoms with Crippen LogP contribution < -0.4 is 5.32 Å². The maximum absolute atomic E-state index is 12.0. The molecule has 0 aliphatic heterocycles. The number of carbonyl (C=O) groups excluding carboxylic acids is 2. The molecule has 0 bridgehead atoms. The Balaban J connectivity index is 3.54. The number of hydrogen-bond acceptors (Lipinski definition) is 4. The molecule has 164 valence electrons. The monoisotopic (exact) mass is 413 g/mol. The number of nitrogens with one attached hydrogen (secondary N) is 1. The van der Waals surface area contributed by atoms with Crippen molar-refractivity contribution in [2.75, 3.05) is 5.75 Å². The number of carbonyl (C=O) groups is 2. The lowest BCUT2D eigenvalue weighted by Gasteiger charge is -2.18. The van der Waals surface area contributed by atoms with Crippen molar-refractivity contribution in [2.24, 2.45) is 0 Å². The molecule has 5 heteroatoms. The molecule has 0 spiro atoms. The minimum atomic E-state index is -0.660. The summed E-state index contributed by atoms with van der Waals surface area (Å²) in [4.78, 5) is 23.0. The van der Waals surface area contributed by atoms with E-state index >= 15 is 0 Å². The fourth-order valence-electron chi connectivity index (χ4n) is 3.09. The molecule has 0 aliphatic carbocycles. The van der Waals surface area contributed by atoms with E-state index in [0.717, 1.165) is 12.8 Å². The average molecular weight is 414 g/mol. The van der Waals surface area contributed by atoms with Gasteiger partial charge in [-0.05, 0) is 45.4 Å². The number of hydrogen-bond donors (Lipinski definition) is 2. The van der Waals surface area contributed by atoms with Gasteiger partial charge in [0.2, 0.25) is 5.91 Å². The maximum Gasteiger partial charge on any atom is 0.329 e. The molecule has 1 N–H and O–H groups in total. The third-order valence-corrected chi connectivity index (χ3v) is 5.15. The molecule has 0 heterocycles. The third kappa shape index (κ3) is 17.2. The Morgan fingerprint density at radius 1 is 0.929 bits per heavy atom. The normalized spacial score (nSPS) is 13.4. The van der Waals surface area contributed by atoms with Crippen LogP contribution in [0.25, 0.3) is 0 Å². The first-order chi connectivity index (χ1) is 13.5. The van der Waals surface area contributed by atoms with Gasteiger partial charge in [0.05, 0.1) is 6.10 Å². The molecular formula is C23H43NO3S. The highest BCUT2D eigenvalue weighted by Crippen LogP contribution is 2.12. The van der Waals surface area contributed by atoms with Crippen LogP contribution in [0.1, 0.15) is 104 Å². The molecule has 1 unspecified atom stereocenters. The molecule has 0 rings (SSSR count). The van der Waals surface area contributed by atoms with Crippen molar-refractivity contribution >= 4 is 24.5 Å². The van der Waals surface area contributed by atoms with Crippen molar-refractivity contribution in [3.63, 3.8) is 0 Å². The van der Waals surface area contributed by atoms with E-state index in [2.05, 4.69) is 37.0 Å². The average Bonchev–Trinajstić information content (AvgIpc) is 2.66. The van der Waals surface area contributed by atoms with Crippen LogP contribution in [0, 0.1) is 0 Å². The van der Waals surface area contributed by atoms with Gasteiger partial charge in [-0.15, -0.1) is 0 Å². The first kappa shape index (κ1) is 27.0. The Bertz CT molecular complexity index is 426. The van der Waals surface area contributed by atoms with Gasteiger partial charge in [0.15, 0.2) is 0 Å². The lowest BCUT2D eigenvalue weighted by atomic mass is 10.1. The number of thiol groups is 1. The van der Waals surface area contributed by atoms with E-state index in [1.54, 1.807) is 0 Å². The highest BCUT2D eigenvalue weighted by molar-refractivity contribution is 7.80. The highest BCUT2D eigenvalue weighted by Gasteiger charge is 2.21. The molecule has 0 aliphatic rings. The van der Waals surface area contributed by atoms with E-state index < -0.39 is 12.0 Å². The number of rotatable bonds is 18. The van der Waals surface area contributed by atoms with E-state index in [9.17, 15) is 9.59 Å². The van der Waals surface area contributed by atoms with Crippen LogP contribution in [0.5, 0.6) is 0 Å². The zero-order valence-electron chi connectivity index (χ0n) is 18.4. The largest absolute Gasteiger partial charge is 0.461 e. The van der Waals surface area contributed by atoms with Crippen LogP contribution in [-0.4, -0.2) is 29.8 Å². The summed E-state index contributed by atoms with van der Waals surface area (Å²) in [6.45, 7) is 5.55. The number of allylic oxidation sites excluding steroid dienone is 2. The van der Waals surface area contributed by atoms with Gasteiger partial charge in [-0.3, -0.25) is 4.79 Å². The van der Waals surface area contributed by atoms with E-state index in [1.165, 1.54) is 77.6 Å². The van der Waals surface area contributed by atoms with Gasteiger partial charge in [0, 0.05) is 12.7 Å². The smallest absolute Gasteiger partial charge is 0.329 e. The summed E-state index contributed by atoms with van der Waals surface area (Å²) >= 11 is 4.09. The lowest BCUT2D eigenvalue weighted by molar-refractivity contribution is -0.151. The number of esters is 1. The van der Waals surface area contributed by atoms with E-state index in [0.29, 0.717) is 0 Å². The summed E-state index contributed by atoms with van der Waals surface area (Å²) in [6.07, 6.45) is 20.6. The number of ether oxygens (including phenoxy) is 1. The molecule has 28 heavy (non-hydrogen) atoms. The van der Waals surface area contributed by atoms with Crippen LogP contribution in [0.4, 0.5) is 0 Å². The Morgan fingerprint density at radius 2 is 1.46 bits per heavy atom. The lowest BCUT2D eigenvalue weighted by Crippen LogP contribution is -2.43. The molecular weight excluding hydrogens is 370 g/mol. The molecule has 0 radical (unpaired) electrons. The van der Waals surface area contributed by atoms with Crippen molar-refractivity contribution in [1.29, 1.82) is 0 Å². The maximum atomic E-state index is 12.0. The molecule has 0 fully saturated rings. The summed E-state index contributed by atoms with van der Waals surface area (Å²) < 4.78 is 5.41. The topological polar surface area (TPSA) is 55.4 Å². The minimum absolute atomic E-state index is 0.121. The van der Waals surface area contributed by atoms with Gasteiger partial charge in [0.25, 0.3) is 0 Å². The second kappa shape index (κ2) is 19.4. The molecule has 4 nitrogen and oxygen atoms in total. The number of amides is 1.